The van der Waals surface area contributed by atoms with Crippen molar-refractivity contribution < 1.29 is 15.0 Å². The molecule has 0 spiro atoms. The minimum absolute atomic E-state index is 0.0451. The fourth-order valence-electron chi connectivity index (χ4n) is 1.20. The van der Waals surface area contributed by atoms with Crippen LogP contribution in [0.5, 0.6) is 0 Å². The summed E-state index contributed by atoms with van der Waals surface area (Å²) >= 11 is 0. The molecular weight excluding hydrogens is 222 g/mol. The highest BCUT2D eigenvalue weighted by molar-refractivity contribution is 5.95. The zero-order valence-electron chi connectivity index (χ0n) is 9.90. The summed E-state index contributed by atoms with van der Waals surface area (Å²) in [7, 11) is 0. The molecule has 0 saturated heterocycles. The van der Waals surface area contributed by atoms with Crippen LogP contribution in [-0.4, -0.2) is 39.9 Å². The maximum atomic E-state index is 11.8. The lowest BCUT2D eigenvalue weighted by atomic mass is 10.1. The topological polar surface area (TPSA) is 108 Å². The second kappa shape index (κ2) is 5.11. The van der Waals surface area contributed by atoms with Gasteiger partial charge in [-0.05, 0) is 19.9 Å². The number of hydrogen-bond acceptors (Lipinski definition) is 5. The number of carbonyl (C=O) groups is 1. The molecule has 6 heteroatoms. The van der Waals surface area contributed by atoms with E-state index in [9.17, 15) is 9.90 Å². The minimum Gasteiger partial charge on any atom is -0.397 e. The monoisotopic (exact) mass is 239 g/mol. The summed E-state index contributed by atoms with van der Waals surface area (Å²) in [6.45, 7) is 2.65. The predicted octanol–water partition coefficient (Wildman–Crippen LogP) is -0.555. The van der Waals surface area contributed by atoms with E-state index in [1.54, 1.807) is 6.92 Å². The van der Waals surface area contributed by atoms with Gasteiger partial charge in [0.1, 0.15) is 5.60 Å². The van der Waals surface area contributed by atoms with Gasteiger partial charge in [-0.1, -0.05) is 0 Å². The molecule has 0 saturated carbocycles. The second-order valence-corrected chi connectivity index (χ2v) is 4.24. The van der Waals surface area contributed by atoms with Crippen molar-refractivity contribution in [3.8, 4) is 0 Å². The number of aliphatic hydroxyl groups is 2. The van der Waals surface area contributed by atoms with E-state index in [1.807, 2.05) is 0 Å². The van der Waals surface area contributed by atoms with E-state index in [2.05, 4.69) is 10.3 Å². The number of aromatic nitrogens is 1. The van der Waals surface area contributed by atoms with Crippen LogP contribution in [0.1, 0.15) is 23.0 Å². The number of hydrogen-bond donors (Lipinski definition) is 4. The summed E-state index contributed by atoms with van der Waals surface area (Å²) in [6, 6.07) is 1.52. The van der Waals surface area contributed by atoms with Crippen LogP contribution in [0.3, 0.4) is 0 Å². The Morgan fingerprint density at radius 2 is 2.29 bits per heavy atom. The van der Waals surface area contributed by atoms with Gasteiger partial charge in [0.15, 0.2) is 0 Å². The van der Waals surface area contributed by atoms with Gasteiger partial charge in [-0.25, -0.2) is 0 Å². The fourth-order valence-corrected chi connectivity index (χ4v) is 1.20. The molecule has 0 aliphatic carbocycles. The first-order chi connectivity index (χ1) is 7.85. The standard InChI is InChI=1S/C11H17N3O3/c1-7-9(3-8(12)4-13-7)10(16)14-5-11(2,17)6-15/h3-4,15,17H,5-6,12H2,1-2H3,(H,14,16). The third kappa shape index (κ3) is 3.69. The highest BCUT2D eigenvalue weighted by Gasteiger charge is 2.20. The van der Waals surface area contributed by atoms with E-state index in [0.29, 0.717) is 16.9 Å². The average molecular weight is 239 g/mol. The number of nitrogens with one attached hydrogen (secondary N) is 1. The average Bonchev–Trinajstić information content (AvgIpc) is 2.29. The molecule has 94 valence electrons. The molecule has 1 rings (SSSR count). The first kappa shape index (κ1) is 13.4. The Morgan fingerprint density at radius 3 is 2.88 bits per heavy atom. The molecule has 0 fully saturated rings. The largest absolute Gasteiger partial charge is 0.397 e. The molecule has 0 bridgehead atoms. The molecule has 1 heterocycles. The molecule has 1 aromatic heterocycles. The molecule has 0 aliphatic rings. The van der Waals surface area contributed by atoms with Gasteiger partial charge in [-0.2, -0.15) is 0 Å². The molecule has 1 atom stereocenters. The molecule has 1 amide bonds. The number of nitrogen functional groups attached to an aromatic ring is 1. The lowest BCUT2D eigenvalue weighted by Crippen LogP contribution is -2.43. The van der Waals surface area contributed by atoms with E-state index in [-0.39, 0.29) is 12.5 Å². The molecule has 0 aliphatic heterocycles. The molecular formula is C11H17N3O3. The third-order valence-corrected chi connectivity index (χ3v) is 2.32. The SMILES string of the molecule is Cc1ncc(N)cc1C(=O)NCC(C)(O)CO. The Bertz CT molecular complexity index is 418. The number of carbonyl (C=O) groups excluding carboxylic acids is 1. The van der Waals surface area contributed by atoms with Crippen molar-refractivity contribution in [2.75, 3.05) is 18.9 Å². The number of pyridine rings is 1. The Morgan fingerprint density at radius 1 is 1.65 bits per heavy atom. The number of nitrogens with two attached hydrogens (primary N) is 1. The van der Waals surface area contributed by atoms with Crippen molar-refractivity contribution in [3.63, 3.8) is 0 Å². The Hall–Kier alpha value is -1.66. The Labute approximate surface area is 99.5 Å². The normalized spacial score (nSPS) is 14.1. The Kier molecular flexibility index (Phi) is 4.03. The van der Waals surface area contributed by atoms with Crippen LogP contribution in [0.15, 0.2) is 12.3 Å². The second-order valence-electron chi connectivity index (χ2n) is 4.24. The molecule has 0 radical (unpaired) electrons. The molecule has 0 aromatic carbocycles. The fraction of sp³-hybridized carbons (Fsp3) is 0.455. The summed E-state index contributed by atoms with van der Waals surface area (Å²) < 4.78 is 0. The highest BCUT2D eigenvalue weighted by atomic mass is 16.3. The third-order valence-electron chi connectivity index (χ3n) is 2.32. The van der Waals surface area contributed by atoms with Crippen molar-refractivity contribution in [1.29, 1.82) is 0 Å². The summed E-state index contributed by atoms with van der Waals surface area (Å²) in [4.78, 5) is 15.7. The van der Waals surface area contributed by atoms with E-state index < -0.39 is 12.2 Å². The van der Waals surface area contributed by atoms with Crippen molar-refractivity contribution in [2.24, 2.45) is 0 Å². The zero-order valence-corrected chi connectivity index (χ0v) is 9.90. The molecule has 1 unspecified atom stereocenters. The summed E-state index contributed by atoms with van der Waals surface area (Å²) in [5.74, 6) is -0.379. The minimum atomic E-state index is -1.34. The van der Waals surface area contributed by atoms with Gasteiger partial charge in [0.05, 0.1) is 29.7 Å². The van der Waals surface area contributed by atoms with Crippen molar-refractivity contribution >= 4 is 11.6 Å². The highest BCUT2D eigenvalue weighted by Crippen LogP contribution is 2.09. The predicted molar refractivity (Wildman–Crippen MR) is 63.4 cm³/mol. The zero-order chi connectivity index (χ0) is 13.1. The lowest BCUT2D eigenvalue weighted by Gasteiger charge is -2.20. The number of anilines is 1. The van der Waals surface area contributed by atoms with Crippen LogP contribution in [0.4, 0.5) is 5.69 Å². The van der Waals surface area contributed by atoms with Gasteiger partial charge in [-0.15, -0.1) is 0 Å². The van der Waals surface area contributed by atoms with E-state index in [4.69, 9.17) is 10.8 Å². The number of aryl methyl sites for hydroxylation is 1. The Balaban J connectivity index is 2.74. The first-order valence-electron chi connectivity index (χ1n) is 5.19. The summed E-state index contributed by atoms with van der Waals surface area (Å²) in [5, 5.41) is 20.9. The van der Waals surface area contributed by atoms with Crippen LogP contribution in [-0.2, 0) is 0 Å². The van der Waals surface area contributed by atoms with Crippen LogP contribution in [0.2, 0.25) is 0 Å². The number of amides is 1. The molecule has 17 heavy (non-hydrogen) atoms. The van der Waals surface area contributed by atoms with Gasteiger partial charge >= 0.3 is 0 Å². The van der Waals surface area contributed by atoms with Crippen molar-refractivity contribution in [2.45, 2.75) is 19.4 Å². The number of aliphatic hydroxyl groups excluding tert-OH is 1. The summed E-state index contributed by atoms with van der Waals surface area (Å²) in [5.41, 5.74) is 5.52. The first-order valence-corrected chi connectivity index (χ1v) is 5.19. The number of rotatable bonds is 4. The van der Waals surface area contributed by atoms with Crippen LogP contribution in [0, 0.1) is 6.92 Å². The van der Waals surface area contributed by atoms with Crippen LogP contribution in [0.25, 0.3) is 0 Å². The van der Waals surface area contributed by atoms with Crippen LogP contribution >= 0.6 is 0 Å². The van der Waals surface area contributed by atoms with Gasteiger partial charge in [-0.3, -0.25) is 9.78 Å². The van der Waals surface area contributed by atoms with E-state index in [1.165, 1.54) is 19.2 Å². The van der Waals surface area contributed by atoms with Gasteiger partial charge < -0.3 is 21.3 Å². The van der Waals surface area contributed by atoms with Crippen LogP contribution < -0.4 is 11.1 Å². The van der Waals surface area contributed by atoms with Crippen molar-refractivity contribution in [1.82, 2.24) is 10.3 Å². The van der Waals surface area contributed by atoms with E-state index >= 15 is 0 Å². The van der Waals surface area contributed by atoms with E-state index in [0.717, 1.165) is 0 Å². The maximum Gasteiger partial charge on any atom is 0.253 e. The molecule has 6 nitrogen and oxygen atoms in total. The summed E-state index contributed by atoms with van der Waals surface area (Å²) in [6.07, 6.45) is 1.47. The lowest BCUT2D eigenvalue weighted by molar-refractivity contribution is 0.00319. The van der Waals surface area contributed by atoms with Gasteiger partial charge in [0.2, 0.25) is 0 Å². The van der Waals surface area contributed by atoms with Crippen molar-refractivity contribution in [3.05, 3.63) is 23.5 Å². The quantitative estimate of drug-likeness (QED) is 0.563. The maximum absolute atomic E-state index is 11.8. The molecule has 1 aromatic rings. The van der Waals surface area contributed by atoms with Gasteiger partial charge in [0, 0.05) is 6.54 Å². The van der Waals surface area contributed by atoms with Gasteiger partial charge in [0.25, 0.3) is 5.91 Å². The molecule has 5 N–H and O–H groups in total. The number of nitrogens with zero attached hydrogens (tertiary/aromatic N) is 1. The smallest absolute Gasteiger partial charge is 0.253 e.